The minimum absolute atomic E-state index is 0.0335. The van der Waals surface area contributed by atoms with Gasteiger partial charge in [-0.05, 0) is 50.3 Å². The van der Waals surface area contributed by atoms with Gasteiger partial charge in [-0.25, -0.2) is 4.99 Å². The summed E-state index contributed by atoms with van der Waals surface area (Å²) in [5.74, 6) is 2.36. The van der Waals surface area contributed by atoms with Crippen molar-refractivity contribution in [2.45, 2.75) is 58.9 Å². The molecule has 1 amide bonds. The SMILES string of the molecule is CCNC(=O)COc1cccc(CN=C(NCC)NCCCC2CCCC2)c1. The van der Waals surface area contributed by atoms with Crippen LogP contribution < -0.4 is 20.7 Å². The van der Waals surface area contributed by atoms with Crippen LogP contribution in [0.4, 0.5) is 0 Å². The fraction of sp³-hybridized carbons (Fsp3) is 0.636. The second kappa shape index (κ2) is 13.0. The van der Waals surface area contributed by atoms with E-state index < -0.39 is 0 Å². The molecule has 1 fully saturated rings. The third-order valence-corrected chi connectivity index (χ3v) is 4.96. The quantitative estimate of drug-likeness (QED) is 0.309. The van der Waals surface area contributed by atoms with E-state index in [2.05, 4.69) is 27.9 Å². The molecule has 1 aromatic rings. The predicted molar refractivity (Wildman–Crippen MR) is 115 cm³/mol. The van der Waals surface area contributed by atoms with Gasteiger partial charge in [-0.15, -0.1) is 0 Å². The normalized spacial score (nSPS) is 14.7. The molecule has 0 aliphatic heterocycles. The molecule has 0 heterocycles. The van der Waals surface area contributed by atoms with Crippen LogP contribution in [-0.2, 0) is 11.3 Å². The van der Waals surface area contributed by atoms with Crippen LogP contribution in [0, 0.1) is 5.92 Å². The van der Waals surface area contributed by atoms with Gasteiger partial charge >= 0.3 is 0 Å². The summed E-state index contributed by atoms with van der Waals surface area (Å²) in [5, 5.41) is 9.47. The lowest BCUT2D eigenvalue weighted by molar-refractivity contribution is -0.122. The van der Waals surface area contributed by atoms with E-state index in [0.29, 0.717) is 18.8 Å². The van der Waals surface area contributed by atoms with Crippen LogP contribution in [0.25, 0.3) is 0 Å². The second-order valence-electron chi connectivity index (χ2n) is 7.30. The third kappa shape index (κ3) is 8.63. The standard InChI is InChI=1S/C22H36N4O2/c1-3-23-21(27)17-28-20-13-7-11-19(15-20)16-26-22(24-4-2)25-14-8-12-18-9-5-6-10-18/h7,11,13,15,18H,3-6,8-10,12,14,16-17H2,1-2H3,(H,23,27)(H2,24,25,26). The largest absolute Gasteiger partial charge is 0.484 e. The number of guanidine groups is 1. The first-order valence-electron chi connectivity index (χ1n) is 10.7. The highest BCUT2D eigenvalue weighted by Gasteiger charge is 2.14. The number of hydrogen-bond donors (Lipinski definition) is 3. The Morgan fingerprint density at radius 2 is 1.93 bits per heavy atom. The highest BCUT2D eigenvalue weighted by Crippen LogP contribution is 2.28. The number of likely N-dealkylation sites (N-methyl/N-ethyl adjacent to an activating group) is 1. The van der Waals surface area contributed by atoms with Gasteiger partial charge < -0.3 is 20.7 Å². The van der Waals surface area contributed by atoms with Gasteiger partial charge in [0.2, 0.25) is 0 Å². The number of nitrogens with zero attached hydrogens (tertiary/aromatic N) is 1. The number of carbonyl (C=O) groups excluding carboxylic acids is 1. The van der Waals surface area contributed by atoms with E-state index in [1.54, 1.807) is 0 Å². The van der Waals surface area contributed by atoms with Crippen molar-refractivity contribution in [3.63, 3.8) is 0 Å². The molecule has 6 heteroatoms. The minimum Gasteiger partial charge on any atom is -0.484 e. The number of amides is 1. The topological polar surface area (TPSA) is 74.8 Å². The number of ether oxygens (including phenoxy) is 1. The van der Waals surface area contributed by atoms with E-state index >= 15 is 0 Å². The fourth-order valence-electron chi connectivity index (χ4n) is 3.54. The summed E-state index contributed by atoms with van der Waals surface area (Å²) in [6.45, 7) is 6.97. The van der Waals surface area contributed by atoms with Crippen molar-refractivity contribution >= 4 is 11.9 Å². The molecular weight excluding hydrogens is 352 g/mol. The number of benzene rings is 1. The molecule has 0 unspecified atom stereocenters. The first kappa shape index (κ1) is 22.1. The van der Waals surface area contributed by atoms with Crippen LogP contribution in [0.15, 0.2) is 29.3 Å². The first-order valence-corrected chi connectivity index (χ1v) is 10.7. The molecule has 1 saturated carbocycles. The Balaban J connectivity index is 1.78. The van der Waals surface area contributed by atoms with Gasteiger partial charge in [-0.3, -0.25) is 4.79 Å². The lowest BCUT2D eigenvalue weighted by atomic mass is 10.0. The van der Waals surface area contributed by atoms with E-state index in [1.165, 1.54) is 38.5 Å². The Bertz CT molecular complexity index is 612. The maximum absolute atomic E-state index is 11.5. The van der Waals surface area contributed by atoms with Crippen LogP contribution in [0.2, 0.25) is 0 Å². The Morgan fingerprint density at radius 1 is 1.14 bits per heavy atom. The molecule has 0 radical (unpaired) electrons. The fourth-order valence-corrected chi connectivity index (χ4v) is 3.54. The summed E-state index contributed by atoms with van der Waals surface area (Å²) in [5.41, 5.74) is 1.05. The van der Waals surface area contributed by atoms with Crippen molar-refractivity contribution in [1.82, 2.24) is 16.0 Å². The van der Waals surface area contributed by atoms with E-state index in [1.807, 2.05) is 31.2 Å². The molecule has 6 nitrogen and oxygen atoms in total. The molecule has 1 aliphatic rings. The molecule has 0 atom stereocenters. The summed E-state index contributed by atoms with van der Waals surface area (Å²) >= 11 is 0. The Morgan fingerprint density at radius 3 is 2.68 bits per heavy atom. The highest BCUT2D eigenvalue weighted by atomic mass is 16.5. The van der Waals surface area contributed by atoms with Gasteiger partial charge in [0.1, 0.15) is 5.75 Å². The summed E-state index contributed by atoms with van der Waals surface area (Å²) in [4.78, 5) is 16.2. The highest BCUT2D eigenvalue weighted by molar-refractivity contribution is 5.79. The van der Waals surface area contributed by atoms with E-state index in [-0.39, 0.29) is 12.5 Å². The van der Waals surface area contributed by atoms with Crippen molar-refractivity contribution in [2.24, 2.45) is 10.9 Å². The minimum atomic E-state index is -0.109. The zero-order valence-electron chi connectivity index (χ0n) is 17.4. The third-order valence-electron chi connectivity index (χ3n) is 4.96. The number of rotatable bonds is 11. The van der Waals surface area contributed by atoms with Crippen LogP contribution >= 0.6 is 0 Å². The summed E-state index contributed by atoms with van der Waals surface area (Å²) in [7, 11) is 0. The summed E-state index contributed by atoms with van der Waals surface area (Å²) in [6, 6.07) is 7.75. The van der Waals surface area contributed by atoms with Crippen molar-refractivity contribution in [1.29, 1.82) is 0 Å². The van der Waals surface area contributed by atoms with Gasteiger partial charge in [0.15, 0.2) is 12.6 Å². The molecule has 2 rings (SSSR count). The van der Waals surface area contributed by atoms with Crippen molar-refractivity contribution < 1.29 is 9.53 Å². The zero-order chi connectivity index (χ0) is 20.0. The van der Waals surface area contributed by atoms with Gasteiger partial charge in [0.05, 0.1) is 6.54 Å². The Hall–Kier alpha value is -2.24. The van der Waals surface area contributed by atoms with Crippen molar-refractivity contribution in [3.05, 3.63) is 29.8 Å². The van der Waals surface area contributed by atoms with Gasteiger partial charge in [0, 0.05) is 19.6 Å². The molecule has 0 spiro atoms. The second-order valence-corrected chi connectivity index (χ2v) is 7.30. The number of nitrogens with one attached hydrogen (secondary N) is 3. The average Bonchev–Trinajstić information content (AvgIpc) is 3.22. The maximum Gasteiger partial charge on any atom is 0.257 e. The molecule has 1 aliphatic carbocycles. The molecule has 0 saturated heterocycles. The van der Waals surface area contributed by atoms with E-state index in [9.17, 15) is 4.79 Å². The predicted octanol–water partition coefficient (Wildman–Crippen LogP) is 3.23. The lowest BCUT2D eigenvalue weighted by Crippen LogP contribution is -2.37. The summed E-state index contributed by atoms with van der Waals surface area (Å²) in [6.07, 6.45) is 8.15. The molecule has 1 aromatic carbocycles. The first-order chi connectivity index (χ1) is 13.7. The molecule has 0 bridgehead atoms. The molecule has 156 valence electrons. The molecule has 3 N–H and O–H groups in total. The molecule has 28 heavy (non-hydrogen) atoms. The number of carbonyl (C=O) groups is 1. The average molecular weight is 389 g/mol. The smallest absolute Gasteiger partial charge is 0.257 e. The van der Waals surface area contributed by atoms with Crippen LogP contribution in [-0.4, -0.2) is 38.1 Å². The maximum atomic E-state index is 11.5. The van der Waals surface area contributed by atoms with Crippen LogP contribution in [0.3, 0.4) is 0 Å². The molecule has 0 aromatic heterocycles. The Labute approximate surface area is 169 Å². The number of hydrogen-bond acceptors (Lipinski definition) is 3. The van der Waals surface area contributed by atoms with Crippen LogP contribution in [0.1, 0.15) is 57.9 Å². The van der Waals surface area contributed by atoms with E-state index in [4.69, 9.17) is 4.74 Å². The van der Waals surface area contributed by atoms with Crippen molar-refractivity contribution in [3.8, 4) is 5.75 Å². The van der Waals surface area contributed by atoms with Crippen molar-refractivity contribution in [2.75, 3.05) is 26.2 Å². The zero-order valence-corrected chi connectivity index (χ0v) is 17.4. The summed E-state index contributed by atoms with van der Waals surface area (Å²) < 4.78 is 5.55. The van der Waals surface area contributed by atoms with Gasteiger partial charge in [-0.2, -0.15) is 0 Å². The van der Waals surface area contributed by atoms with Gasteiger partial charge in [-0.1, -0.05) is 37.8 Å². The lowest BCUT2D eigenvalue weighted by Gasteiger charge is -2.13. The van der Waals surface area contributed by atoms with Crippen LogP contribution in [0.5, 0.6) is 5.75 Å². The monoisotopic (exact) mass is 388 g/mol. The Kier molecular flexibility index (Phi) is 10.3. The van der Waals surface area contributed by atoms with Gasteiger partial charge in [0.25, 0.3) is 5.91 Å². The number of aliphatic imine (C=N–C) groups is 1. The molecular formula is C22H36N4O2. The van der Waals surface area contributed by atoms with E-state index in [0.717, 1.165) is 30.5 Å².